The molecule has 0 saturated carbocycles. The van der Waals surface area contributed by atoms with Crippen molar-refractivity contribution in [2.45, 2.75) is 93.5 Å². The Morgan fingerprint density at radius 3 is 2.56 bits per heavy atom. The van der Waals surface area contributed by atoms with E-state index < -0.39 is 47.3 Å². The number of alkyl halides is 1. The zero-order valence-electron chi connectivity index (χ0n) is 19.3. The average Bonchev–Trinajstić information content (AvgIpc) is 3.02. The van der Waals surface area contributed by atoms with Crippen LogP contribution in [0.3, 0.4) is 0 Å². The molecule has 10 heteroatoms. The molecule has 8 nitrogen and oxygen atoms in total. The Balaban J connectivity index is 1.68. The van der Waals surface area contributed by atoms with Gasteiger partial charge >= 0.3 is 0 Å². The van der Waals surface area contributed by atoms with Gasteiger partial charge in [0.1, 0.15) is 35.9 Å². The van der Waals surface area contributed by atoms with Gasteiger partial charge in [-0.3, -0.25) is 4.79 Å². The molecule has 0 bridgehead atoms. The van der Waals surface area contributed by atoms with Crippen molar-refractivity contribution in [3.8, 4) is 0 Å². The van der Waals surface area contributed by atoms with Crippen molar-refractivity contribution in [1.82, 2.24) is 10.6 Å². The number of hydrogen-bond acceptors (Lipinski definition) is 8. The Bertz CT molecular complexity index is 627. The van der Waals surface area contributed by atoms with Gasteiger partial charge < -0.3 is 35.4 Å². The van der Waals surface area contributed by atoms with Gasteiger partial charge in [0.05, 0.1) is 17.5 Å². The Morgan fingerprint density at radius 2 is 1.94 bits per heavy atom. The maximum absolute atomic E-state index is 13.3. The second-order valence-corrected chi connectivity index (χ2v) is 11.5. The third kappa shape index (κ3) is 5.92. The average molecular weight is 495 g/mol. The SMILES string of the molecule is CSC1O[C@H]([C@H](NC(=O)[C@H]2NC[C@@H]3C[C@@H](CC(C)C)CCO[C@H]32)[C@H](C)Cl)C(O)C(O)[C@H]1O. The van der Waals surface area contributed by atoms with Gasteiger partial charge in [0, 0.05) is 13.2 Å². The molecule has 0 aromatic heterocycles. The molecule has 0 aromatic carbocycles. The number of nitrogens with one attached hydrogen (secondary N) is 2. The molecule has 0 aromatic rings. The van der Waals surface area contributed by atoms with Gasteiger partial charge in [-0.25, -0.2) is 0 Å². The summed E-state index contributed by atoms with van der Waals surface area (Å²) in [6.45, 7) is 7.54. The van der Waals surface area contributed by atoms with Crippen molar-refractivity contribution in [3.05, 3.63) is 0 Å². The van der Waals surface area contributed by atoms with Gasteiger partial charge in [-0.2, -0.15) is 0 Å². The van der Waals surface area contributed by atoms with Crippen LogP contribution in [0.5, 0.6) is 0 Å². The van der Waals surface area contributed by atoms with Crippen LogP contribution in [0.15, 0.2) is 0 Å². The lowest BCUT2D eigenvalue weighted by atomic mass is 9.85. The number of carbonyl (C=O) groups excluding carboxylic acids is 1. The van der Waals surface area contributed by atoms with Crippen LogP contribution in [0.25, 0.3) is 0 Å². The highest BCUT2D eigenvalue weighted by atomic mass is 35.5. The predicted octanol–water partition coefficient (Wildman–Crippen LogP) is 0.698. The van der Waals surface area contributed by atoms with E-state index in [1.165, 1.54) is 11.8 Å². The van der Waals surface area contributed by atoms with E-state index in [1.54, 1.807) is 13.2 Å². The van der Waals surface area contributed by atoms with Crippen LogP contribution in [-0.2, 0) is 14.3 Å². The first-order valence-corrected chi connectivity index (χ1v) is 13.4. The molecular formula is C22H39ClN2O6S. The van der Waals surface area contributed by atoms with Gasteiger partial charge in [0.15, 0.2) is 0 Å². The van der Waals surface area contributed by atoms with Gasteiger partial charge in [-0.05, 0) is 50.2 Å². The van der Waals surface area contributed by atoms with Crippen LogP contribution in [0, 0.1) is 17.8 Å². The Morgan fingerprint density at radius 1 is 1.22 bits per heavy atom. The summed E-state index contributed by atoms with van der Waals surface area (Å²) in [4.78, 5) is 13.3. The van der Waals surface area contributed by atoms with E-state index in [-0.39, 0.29) is 17.9 Å². The largest absolute Gasteiger partial charge is 0.388 e. The van der Waals surface area contributed by atoms with E-state index in [0.717, 1.165) is 25.8 Å². The minimum absolute atomic E-state index is 0.206. The first-order chi connectivity index (χ1) is 15.1. The van der Waals surface area contributed by atoms with Crippen LogP contribution >= 0.6 is 23.4 Å². The summed E-state index contributed by atoms with van der Waals surface area (Å²) in [5, 5.41) is 36.6. The Kier molecular flexibility index (Phi) is 9.54. The second-order valence-electron chi connectivity index (χ2n) is 9.89. The highest BCUT2D eigenvalue weighted by Gasteiger charge is 2.49. The van der Waals surface area contributed by atoms with Crippen molar-refractivity contribution in [3.63, 3.8) is 0 Å². The number of ether oxygens (including phenoxy) is 2. The molecule has 3 fully saturated rings. The summed E-state index contributed by atoms with van der Waals surface area (Å²) in [5.74, 6) is 1.26. The van der Waals surface area contributed by atoms with E-state index in [9.17, 15) is 20.1 Å². The van der Waals surface area contributed by atoms with Crippen LogP contribution in [0.2, 0.25) is 0 Å². The highest BCUT2D eigenvalue weighted by molar-refractivity contribution is 7.99. The molecule has 0 radical (unpaired) electrons. The first kappa shape index (κ1) is 26.5. The summed E-state index contributed by atoms with van der Waals surface area (Å²) >= 11 is 7.62. The smallest absolute Gasteiger partial charge is 0.240 e. The van der Waals surface area contributed by atoms with Crippen molar-refractivity contribution in [2.75, 3.05) is 19.4 Å². The van der Waals surface area contributed by atoms with Gasteiger partial charge in [-0.15, -0.1) is 23.4 Å². The number of carbonyl (C=O) groups is 1. The van der Waals surface area contributed by atoms with Gasteiger partial charge in [0.25, 0.3) is 0 Å². The minimum atomic E-state index is -1.39. The zero-order valence-corrected chi connectivity index (χ0v) is 20.9. The molecule has 32 heavy (non-hydrogen) atoms. The summed E-state index contributed by atoms with van der Waals surface area (Å²) in [7, 11) is 0. The minimum Gasteiger partial charge on any atom is -0.388 e. The number of halogens is 1. The molecule has 0 aliphatic carbocycles. The molecule has 3 aliphatic heterocycles. The van der Waals surface area contributed by atoms with Crippen LogP contribution in [0.1, 0.15) is 40.0 Å². The Labute approximate surface area is 200 Å². The summed E-state index contributed by atoms with van der Waals surface area (Å²) in [5.41, 5.74) is -0.731. The number of hydrogen-bond donors (Lipinski definition) is 5. The molecule has 3 heterocycles. The number of amides is 1. The first-order valence-electron chi connectivity index (χ1n) is 11.7. The fourth-order valence-electron chi connectivity index (χ4n) is 5.35. The molecule has 0 spiro atoms. The maximum Gasteiger partial charge on any atom is 0.240 e. The number of thioether (sulfide) groups is 1. The number of rotatable bonds is 7. The summed E-state index contributed by atoms with van der Waals surface area (Å²) in [6.07, 6.45) is -0.199. The maximum atomic E-state index is 13.3. The quantitative estimate of drug-likeness (QED) is 0.328. The number of fused-ring (bicyclic) bond motifs is 1. The van der Waals surface area contributed by atoms with Gasteiger partial charge in [0.2, 0.25) is 5.91 Å². The van der Waals surface area contributed by atoms with Crippen molar-refractivity contribution in [2.24, 2.45) is 17.8 Å². The fraction of sp³-hybridized carbons (Fsp3) is 0.955. The Hall–Kier alpha value is -0.130. The van der Waals surface area contributed by atoms with Crippen LogP contribution in [0.4, 0.5) is 0 Å². The summed E-state index contributed by atoms with van der Waals surface area (Å²) in [6, 6.07) is -1.26. The lowest BCUT2D eigenvalue weighted by Gasteiger charge is -2.44. The third-order valence-corrected chi connectivity index (χ3v) is 8.08. The normalized spacial score (nSPS) is 42.2. The molecule has 5 N–H and O–H groups in total. The molecule has 3 rings (SSSR count). The lowest BCUT2D eigenvalue weighted by molar-refractivity contribution is -0.205. The van der Waals surface area contributed by atoms with Crippen molar-refractivity contribution >= 4 is 29.3 Å². The van der Waals surface area contributed by atoms with Crippen molar-refractivity contribution in [1.29, 1.82) is 0 Å². The number of aliphatic hydroxyl groups excluding tert-OH is 3. The number of aliphatic hydroxyl groups is 3. The molecular weight excluding hydrogens is 456 g/mol. The monoisotopic (exact) mass is 494 g/mol. The molecule has 3 aliphatic rings. The van der Waals surface area contributed by atoms with E-state index in [2.05, 4.69) is 24.5 Å². The second kappa shape index (κ2) is 11.5. The molecule has 3 saturated heterocycles. The van der Waals surface area contributed by atoms with Crippen molar-refractivity contribution < 1.29 is 29.6 Å². The standard InChI is InChI=1S/C22H39ClN2O6S/c1-10(2)7-12-5-6-30-19-13(8-12)9-24-15(19)21(29)25-14(11(3)23)20-17(27)16(26)18(28)22(31-20)32-4/h10-20,22,24,26-28H,5-9H2,1-4H3,(H,25,29)/t11-,12+,13-,14+,15-,16?,17?,18+,19+,20+,22?/m0/s1. The molecule has 11 atom stereocenters. The predicted molar refractivity (Wildman–Crippen MR) is 125 cm³/mol. The highest BCUT2D eigenvalue weighted by Crippen LogP contribution is 2.34. The molecule has 186 valence electrons. The van der Waals surface area contributed by atoms with Crippen LogP contribution < -0.4 is 10.6 Å². The van der Waals surface area contributed by atoms with Crippen LogP contribution in [-0.4, -0.2) is 94.1 Å². The van der Waals surface area contributed by atoms with E-state index in [4.69, 9.17) is 21.1 Å². The fourth-order valence-corrected chi connectivity index (χ4v) is 6.24. The van der Waals surface area contributed by atoms with Gasteiger partial charge in [-0.1, -0.05) is 13.8 Å². The third-order valence-electron chi connectivity index (χ3n) is 6.95. The zero-order chi connectivity index (χ0) is 23.6. The summed E-state index contributed by atoms with van der Waals surface area (Å²) < 4.78 is 12.0. The van der Waals surface area contributed by atoms with E-state index in [0.29, 0.717) is 18.4 Å². The van der Waals surface area contributed by atoms with E-state index in [1.807, 2.05) is 0 Å². The molecule has 3 unspecified atom stereocenters. The molecule has 1 amide bonds. The topological polar surface area (TPSA) is 120 Å². The lowest BCUT2D eigenvalue weighted by Crippen LogP contribution is -2.65. The van der Waals surface area contributed by atoms with E-state index >= 15 is 0 Å².